The predicted octanol–water partition coefficient (Wildman–Crippen LogP) is 1.03. The standard InChI is InChI=1S/C12H9N5O3/c1-15-7-8(6-11(12(15)18)17(19)20)16-10-5-3-2-4-9(10)13-14-16/h2-7H,1H3. The molecule has 0 aliphatic heterocycles. The normalized spacial score (nSPS) is 10.8. The van der Waals surface area contributed by atoms with Gasteiger partial charge in [-0.2, -0.15) is 0 Å². The Kier molecular flexibility index (Phi) is 2.56. The average Bonchev–Trinajstić information content (AvgIpc) is 2.85. The molecule has 0 atom stereocenters. The summed E-state index contributed by atoms with van der Waals surface area (Å²) in [6.45, 7) is 0. The van der Waals surface area contributed by atoms with E-state index in [-0.39, 0.29) is 0 Å². The minimum Gasteiger partial charge on any atom is -0.311 e. The van der Waals surface area contributed by atoms with Crippen LogP contribution < -0.4 is 5.56 Å². The molecule has 0 unspecified atom stereocenters. The average molecular weight is 271 g/mol. The van der Waals surface area contributed by atoms with Gasteiger partial charge in [0.05, 0.1) is 16.1 Å². The molecular formula is C12H9N5O3. The maximum atomic E-state index is 11.7. The second-order valence-corrected chi connectivity index (χ2v) is 4.25. The number of benzene rings is 1. The molecule has 0 aliphatic rings. The first-order valence-corrected chi connectivity index (χ1v) is 5.74. The molecule has 0 spiro atoms. The van der Waals surface area contributed by atoms with Gasteiger partial charge in [0.2, 0.25) is 0 Å². The third kappa shape index (κ3) is 1.74. The molecule has 0 N–H and O–H groups in total. The van der Waals surface area contributed by atoms with Crippen LogP contribution in [0.1, 0.15) is 0 Å². The minimum absolute atomic E-state index is 0.410. The van der Waals surface area contributed by atoms with Gasteiger partial charge in [-0.1, -0.05) is 17.3 Å². The lowest BCUT2D eigenvalue weighted by molar-refractivity contribution is -0.386. The van der Waals surface area contributed by atoms with Crippen LogP contribution in [0.25, 0.3) is 16.7 Å². The molecule has 0 saturated carbocycles. The van der Waals surface area contributed by atoms with Crippen LogP contribution in [0.5, 0.6) is 0 Å². The van der Waals surface area contributed by atoms with Gasteiger partial charge in [-0.05, 0) is 12.1 Å². The highest BCUT2D eigenvalue weighted by molar-refractivity contribution is 5.75. The molecule has 8 nitrogen and oxygen atoms in total. The van der Waals surface area contributed by atoms with Crippen molar-refractivity contribution in [2.75, 3.05) is 0 Å². The fraction of sp³-hybridized carbons (Fsp3) is 0.0833. The molecule has 0 aliphatic carbocycles. The van der Waals surface area contributed by atoms with E-state index in [1.807, 2.05) is 12.1 Å². The van der Waals surface area contributed by atoms with E-state index < -0.39 is 16.2 Å². The third-order valence-corrected chi connectivity index (χ3v) is 2.94. The molecular weight excluding hydrogens is 262 g/mol. The molecule has 100 valence electrons. The van der Waals surface area contributed by atoms with E-state index in [2.05, 4.69) is 10.3 Å². The van der Waals surface area contributed by atoms with Crippen molar-refractivity contribution in [3.63, 3.8) is 0 Å². The zero-order chi connectivity index (χ0) is 14.3. The van der Waals surface area contributed by atoms with E-state index in [4.69, 9.17) is 0 Å². The minimum atomic E-state index is -0.703. The summed E-state index contributed by atoms with van der Waals surface area (Å²) in [6.07, 6.45) is 1.48. The lowest BCUT2D eigenvalue weighted by atomic mass is 10.3. The van der Waals surface area contributed by atoms with E-state index in [0.717, 1.165) is 4.57 Å². The SMILES string of the molecule is Cn1cc(-n2nnc3ccccc32)cc([N+](=O)[O-])c1=O. The Labute approximate surface area is 112 Å². The van der Waals surface area contributed by atoms with E-state index in [9.17, 15) is 14.9 Å². The number of nitro groups is 1. The highest BCUT2D eigenvalue weighted by Crippen LogP contribution is 2.17. The van der Waals surface area contributed by atoms with Crippen LogP contribution in [0, 0.1) is 10.1 Å². The first-order chi connectivity index (χ1) is 9.58. The fourth-order valence-corrected chi connectivity index (χ4v) is 1.98. The zero-order valence-electron chi connectivity index (χ0n) is 10.4. The van der Waals surface area contributed by atoms with Gasteiger partial charge >= 0.3 is 11.2 Å². The lowest BCUT2D eigenvalue weighted by Gasteiger charge is -2.04. The second kappa shape index (κ2) is 4.26. The Morgan fingerprint density at radius 2 is 2.05 bits per heavy atom. The number of fused-ring (bicyclic) bond motifs is 1. The summed E-state index contributed by atoms with van der Waals surface area (Å²) in [5.41, 5.74) is 0.629. The number of rotatable bonds is 2. The number of para-hydroxylation sites is 1. The van der Waals surface area contributed by atoms with E-state index in [0.29, 0.717) is 16.7 Å². The molecule has 0 fully saturated rings. The Balaban J connectivity index is 2.30. The molecule has 2 heterocycles. The predicted molar refractivity (Wildman–Crippen MR) is 70.8 cm³/mol. The molecule has 0 bridgehead atoms. The van der Waals surface area contributed by atoms with Crippen LogP contribution in [-0.4, -0.2) is 24.5 Å². The first kappa shape index (κ1) is 12.0. The third-order valence-electron chi connectivity index (χ3n) is 2.94. The number of hydrogen-bond acceptors (Lipinski definition) is 5. The van der Waals surface area contributed by atoms with Gasteiger partial charge in [0.25, 0.3) is 0 Å². The van der Waals surface area contributed by atoms with Crippen LogP contribution >= 0.6 is 0 Å². The first-order valence-electron chi connectivity index (χ1n) is 5.74. The number of hydrogen-bond donors (Lipinski definition) is 0. The summed E-state index contributed by atoms with van der Waals surface area (Å²) in [6, 6.07) is 8.42. The monoisotopic (exact) mass is 271 g/mol. The topological polar surface area (TPSA) is 95.8 Å². The lowest BCUT2D eigenvalue weighted by Crippen LogP contribution is -2.20. The number of nitrogens with zero attached hydrogens (tertiary/aromatic N) is 5. The molecule has 0 saturated heterocycles. The van der Waals surface area contributed by atoms with Crippen molar-refractivity contribution in [1.82, 2.24) is 19.6 Å². The number of aromatic nitrogens is 4. The summed E-state index contributed by atoms with van der Waals surface area (Å²) in [5.74, 6) is 0. The van der Waals surface area contributed by atoms with Gasteiger partial charge in [0.15, 0.2) is 0 Å². The molecule has 0 amide bonds. The summed E-state index contributed by atoms with van der Waals surface area (Å²) in [5, 5.41) is 18.8. The van der Waals surface area contributed by atoms with Crippen LogP contribution in [0.2, 0.25) is 0 Å². The van der Waals surface area contributed by atoms with Crippen molar-refractivity contribution >= 4 is 16.7 Å². The van der Waals surface area contributed by atoms with Gasteiger partial charge < -0.3 is 4.57 Å². The Morgan fingerprint density at radius 1 is 1.30 bits per heavy atom. The quantitative estimate of drug-likeness (QED) is 0.512. The molecule has 2 aromatic heterocycles. The molecule has 3 rings (SSSR count). The van der Waals surface area contributed by atoms with Crippen molar-refractivity contribution < 1.29 is 4.92 Å². The maximum absolute atomic E-state index is 11.7. The van der Waals surface area contributed by atoms with Crippen LogP contribution in [-0.2, 0) is 7.05 Å². The van der Waals surface area contributed by atoms with Crippen molar-refractivity contribution in [2.45, 2.75) is 0 Å². The molecule has 3 aromatic rings. The molecule has 1 aromatic carbocycles. The summed E-state index contributed by atoms with van der Waals surface area (Å²) in [7, 11) is 1.46. The summed E-state index contributed by atoms with van der Waals surface area (Å²) < 4.78 is 2.62. The van der Waals surface area contributed by atoms with E-state index in [1.165, 1.54) is 24.0 Å². The second-order valence-electron chi connectivity index (χ2n) is 4.25. The summed E-state index contributed by atoms with van der Waals surface area (Å²) in [4.78, 5) is 21.9. The van der Waals surface area contributed by atoms with Crippen LogP contribution in [0.4, 0.5) is 5.69 Å². The molecule has 8 heteroatoms. The van der Waals surface area contributed by atoms with E-state index >= 15 is 0 Å². The maximum Gasteiger partial charge on any atom is 0.336 e. The Morgan fingerprint density at radius 3 is 2.80 bits per heavy atom. The zero-order valence-corrected chi connectivity index (χ0v) is 10.4. The van der Waals surface area contributed by atoms with E-state index in [1.54, 1.807) is 12.1 Å². The number of aryl methyl sites for hydroxylation is 1. The smallest absolute Gasteiger partial charge is 0.311 e. The molecule has 0 radical (unpaired) electrons. The Bertz CT molecular complexity index is 880. The molecule has 20 heavy (non-hydrogen) atoms. The fourth-order valence-electron chi connectivity index (χ4n) is 1.98. The number of pyridine rings is 1. The van der Waals surface area contributed by atoms with Gasteiger partial charge in [-0.15, -0.1) is 5.10 Å². The van der Waals surface area contributed by atoms with Gasteiger partial charge in [-0.3, -0.25) is 14.9 Å². The Hall–Kier alpha value is -3.03. The van der Waals surface area contributed by atoms with Crippen molar-refractivity contribution in [3.8, 4) is 5.69 Å². The van der Waals surface area contributed by atoms with Crippen LogP contribution in [0.3, 0.4) is 0 Å². The van der Waals surface area contributed by atoms with Crippen LogP contribution in [0.15, 0.2) is 41.3 Å². The van der Waals surface area contributed by atoms with Gasteiger partial charge in [0.1, 0.15) is 5.52 Å². The highest BCUT2D eigenvalue weighted by atomic mass is 16.6. The largest absolute Gasteiger partial charge is 0.336 e. The highest BCUT2D eigenvalue weighted by Gasteiger charge is 2.17. The van der Waals surface area contributed by atoms with Crippen molar-refractivity contribution in [1.29, 1.82) is 0 Å². The summed E-state index contributed by atoms with van der Waals surface area (Å²) >= 11 is 0. The van der Waals surface area contributed by atoms with Crippen molar-refractivity contribution in [2.24, 2.45) is 7.05 Å². The van der Waals surface area contributed by atoms with Crippen molar-refractivity contribution in [3.05, 3.63) is 57.0 Å². The van der Waals surface area contributed by atoms with Gasteiger partial charge in [-0.25, -0.2) is 4.68 Å². The van der Waals surface area contributed by atoms with Gasteiger partial charge in [0, 0.05) is 19.3 Å².